The molecule has 0 radical (unpaired) electrons. The second-order valence-corrected chi connectivity index (χ2v) is 6.65. The molecule has 2 fully saturated rings. The maximum absolute atomic E-state index is 12.3. The molecule has 0 aliphatic carbocycles. The predicted molar refractivity (Wildman–Crippen MR) is 88.2 cm³/mol. The highest BCUT2D eigenvalue weighted by Crippen LogP contribution is 2.21. The molecule has 0 aromatic carbocycles. The summed E-state index contributed by atoms with van der Waals surface area (Å²) < 4.78 is 0. The van der Waals surface area contributed by atoms with Crippen molar-refractivity contribution in [3.8, 4) is 0 Å². The summed E-state index contributed by atoms with van der Waals surface area (Å²) in [6.45, 7) is 5.26. The first-order chi connectivity index (χ1) is 10.7. The Labute approximate surface area is 136 Å². The molecule has 2 amide bonds. The third-order valence-corrected chi connectivity index (χ3v) is 4.72. The number of pyridine rings is 1. The molecule has 1 N–H and O–H groups in total. The van der Waals surface area contributed by atoms with Gasteiger partial charge in [0.05, 0.1) is 0 Å². The molecule has 2 aliphatic heterocycles. The fourth-order valence-electron chi connectivity index (χ4n) is 3.36. The van der Waals surface area contributed by atoms with Crippen LogP contribution in [0.4, 0.5) is 10.5 Å². The van der Waals surface area contributed by atoms with Crippen molar-refractivity contribution >= 4 is 23.3 Å². The van der Waals surface area contributed by atoms with E-state index in [0.717, 1.165) is 26.1 Å². The van der Waals surface area contributed by atoms with Crippen LogP contribution in [0.2, 0.25) is 5.15 Å². The van der Waals surface area contributed by atoms with Gasteiger partial charge in [0, 0.05) is 31.5 Å². The van der Waals surface area contributed by atoms with E-state index >= 15 is 0 Å². The number of carbonyl (C=O) groups is 1. The van der Waals surface area contributed by atoms with Crippen molar-refractivity contribution in [3.63, 3.8) is 0 Å². The minimum atomic E-state index is -0.0385. The van der Waals surface area contributed by atoms with E-state index in [9.17, 15) is 4.79 Å². The maximum atomic E-state index is 12.3. The van der Waals surface area contributed by atoms with Gasteiger partial charge in [0.15, 0.2) is 0 Å². The normalized spacial score (nSPS) is 22.8. The standard InChI is InChI=1S/C16H23ClN4O/c17-15-10-14(4-6-18-15)19-16(22)21-9-5-13(12-21)11-20-7-2-1-3-8-20/h4,6,10,13H,1-3,5,7-9,11-12H2,(H,18,19,22). The van der Waals surface area contributed by atoms with Crippen LogP contribution in [-0.2, 0) is 0 Å². The second kappa shape index (κ2) is 7.29. The van der Waals surface area contributed by atoms with Crippen molar-refractivity contribution < 1.29 is 4.79 Å². The predicted octanol–water partition coefficient (Wildman–Crippen LogP) is 3.07. The topological polar surface area (TPSA) is 48.5 Å². The summed E-state index contributed by atoms with van der Waals surface area (Å²) >= 11 is 5.84. The number of amides is 2. The zero-order chi connectivity index (χ0) is 15.4. The first-order valence-electron chi connectivity index (χ1n) is 8.10. The van der Waals surface area contributed by atoms with E-state index in [2.05, 4.69) is 15.2 Å². The molecule has 2 aliphatic rings. The zero-order valence-corrected chi connectivity index (χ0v) is 13.6. The Hall–Kier alpha value is -1.33. The molecular formula is C16H23ClN4O. The Kier molecular flexibility index (Phi) is 5.16. The molecule has 120 valence electrons. The molecule has 3 heterocycles. The van der Waals surface area contributed by atoms with Gasteiger partial charge in [-0.1, -0.05) is 18.0 Å². The molecule has 1 aromatic rings. The number of nitrogens with one attached hydrogen (secondary N) is 1. The molecule has 0 spiro atoms. The first kappa shape index (κ1) is 15.6. The smallest absolute Gasteiger partial charge is 0.321 e. The molecule has 1 aromatic heterocycles. The molecule has 0 bridgehead atoms. The molecule has 1 unspecified atom stereocenters. The summed E-state index contributed by atoms with van der Waals surface area (Å²) in [5.74, 6) is 0.602. The van der Waals surface area contributed by atoms with Gasteiger partial charge in [0.2, 0.25) is 0 Å². The van der Waals surface area contributed by atoms with E-state index in [1.807, 2.05) is 4.90 Å². The van der Waals surface area contributed by atoms with Gasteiger partial charge in [-0.2, -0.15) is 0 Å². The fraction of sp³-hybridized carbons (Fsp3) is 0.625. The van der Waals surface area contributed by atoms with E-state index < -0.39 is 0 Å². The van der Waals surface area contributed by atoms with Crippen molar-refractivity contribution in [2.45, 2.75) is 25.7 Å². The molecule has 6 heteroatoms. The van der Waals surface area contributed by atoms with Gasteiger partial charge in [-0.25, -0.2) is 9.78 Å². The average molecular weight is 323 g/mol. The molecule has 2 saturated heterocycles. The number of aromatic nitrogens is 1. The van der Waals surface area contributed by atoms with Crippen LogP contribution < -0.4 is 5.32 Å². The Morgan fingerprint density at radius 3 is 2.91 bits per heavy atom. The largest absolute Gasteiger partial charge is 0.324 e. The highest BCUT2D eigenvalue weighted by Gasteiger charge is 2.28. The van der Waals surface area contributed by atoms with E-state index in [4.69, 9.17) is 11.6 Å². The Bertz CT molecular complexity index is 519. The van der Waals surface area contributed by atoms with E-state index in [-0.39, 0.29) is 6.03 Å². The van der Waals surface area contributed by atoms with Gasteiger partial charge < -0.3 is 15.1 Å². The highest BCUT2D eigenvalue weighted by molar-refractivity contribution is 6.29. The summed E-state index contributed by atoms with van der Waals surface area (Å²) in [6.07, 6.45) is 6.70. The number of hydrogen-bond donors (Lipinski definition) is 1. The highest BCUT2D eigenvalue weighted by atomic mass is 35.5. The van der Waals surface area contributed by atoms with Crippen molar-refractivity contribution in [1.82, 2.24) is 14.8 Å². The minimum Gasteiger partial charge on any atom is -0.324 e. The summed E-state index contributed by atoms with van der Waals surface area (Å²) in [5, 5.41) is 3.29. The molecular weight excluding hydrogens is 300 g/mol. The summed E-state index contributed by atoms with van der Waals surface area (Å²) in [5.41, 5.74) is 0.699. The zero-order valence-electron chi connectivity index (χ0n) is 12.8. The quantitative estimate of drug-likeness (QED) is 0.870. The molecule has 22 heavy (non-hydrogen) atoms. The van der Waals surface area contributed by atoms with Crippen LogP contribution >= 0.6 is 11.6 Å². The Morgan fingerprint density at radius 1 is 1.32 bits per heavy atom. The number of nitrogens with zero attached hydrogens (tertiary/aromatic N) is 3. The lowest BCUT2D eigenvalue weighted by atomic mass is 10.1. The number of likely N-dealkylation sites (tertiary alicyclic amines) is 2. The maximum Gasteiger partial charge on any atom is 0.321 e. The van der Waals surface area contributed by atoms with E-state index in [1.165, 1.54) is 32.4 Å². The number of halogens is 1. The van der Waals surface area contributed by atoms with Crippen LogP contribution in [0.5, 0.6) is 0 Å². The number of urea groups is 1. The van der Waals surface area contributed by atoms with Crippen LogP contribution in [0.1, 0.15) is 25.7 Å². The number of hydrogen-bond acceptors (Lipinski definition) is 3. The van der Waals surface area contributed by atoms with E-state index in [1.54, 1.807) is 18.3 Å². The lowest BCUT2D eigenvalue weighted by molar-refractivity contribution is 0.192. The SMILES string of the molecule is O=C(Nc1ccnc(Cl)c1)N1CCC(CN2CCCCC2)C1. The van der Waals surface area contributed by atoms with Crippen LogP contribution in [-0.4, -0.2) is 53.5 Å². The minimum absolute atomic E-state index is 0.0385. The van der Waals surface area contributed by atoms with Crippen molar-refractivity contribution in [2.75, 3.05) is 38.0 Å². The van der Waals surface area contributed by atoms with Crippen LogP contribution in [0, 0.1) is 5.92 Å². The monoisotopic (exact) mass is 322 g/mol. The van der Waals surface area contributed by atoms with Crippen LogP contribution in [0.25, 0.3) is 0 Å². The number of piperidine rings is 1. The van der Waals surface area contributed by atoms with Crippen molar-refractivity contribution in [3.05, 3.63) is 23.5 Å². The molecule has 1 atom stereocenters. The second-order valence-electron chi connectivity index (χ2n) is 6.26. The van der Waals surface area contributed by atoms with Crippen molar-refractivity contribution in [2.24, 2.45) is 5.92 Å². The van der Waals surface area contributed by atoms with Gasteiger partial charge in [-0.15, -0.1) is 0 Å². The lowest BCUT2D eigenvalue weighted by Gasteiger charge is -2.29. The summed E-state index contributed by atoms with van der Waals surface area (Å²) in [7, 11) is 0. The van der Waals surface area contributed by atoms with Crippen molar-refractivity contribution in [1.29, 1.82) is 0 Å². The lowest BCUT2D eigenvalue weighted by Crippen LogP contribution is -2.37. The van der Waals surface area contributed by atoms with E-state index in [0.29, 0.717) is 16.8 Å². The number of rotatable bonds is 3. The number of carbonyl (C=O) groups excluding carboxylic acids is 1. The molecule has 0 saturated carbocycles. The van der Waals surface area contributed by atoms with Gasteiger partial charge >= 0.3 is 6.03 Å². The molecule has 3 rings (SSSR count). The fourth-order valence-corrected chi connectivity index (χ4v) is 3.53. The first-order valence-corrected chi connectivity index (χ1v) is 8.48. The van der Waals surface area contributed by atoms with Gasteiger partial charge in [0.25, 0.3) is 0 Å². The third kappa shape index (κ3) is 4.11. The summed E-state index contributed by atoms with van der Waals surface area (Å²) in [6, 6.07) is 3.38. The van der Waals surface area contributed by atoms with Gasteiger partial charge in [-0.05, 0) is 50.4 Å². The molecule has 5 nitrogen and oxygen atoms in total. The van der Waals surface area contributed by atoms with Gasteiger partial charge in [-0.3, -0.25) is 0 Å². The average Bonchev–Trinajstić information content (AvgIpc) is 2.97. The van der Waals surface area contributed by atoms with Crippen LogP contribution in [0.15, 0.2) is 18.3 Å². The van der Waals surface area contributed by atoms with Gasteiger partial charge in [0.1, 0.15) is 5.15 Å². The Balaban J connectivity index is 1.48. The number of anilines is 1. The van der Waals surface area contributed by atoms with Crippen LogP contribution in [0.3, 0.4) is 0 Å². The Morgan fingerprint density at radius 2 is 2.14 bits per heavy atom. The summed E-state index contributed by atoms with van der Waals surface area (Å²) in [4.78, 5) is 20.7. The third-order valence-electron chi connectivity index (χ3n) is 4.52.